The van der Waals surface area contributed by atoms with E-state index in [1.165, 1.54) is 12.3 Å². The summed E-state index contributed by atoms with van der Waals surface area (Å²) >= 11 is 8.71. The molecule has 0 bridgehead atoms. The molecule has 0 saturated carbocycles. The standard InChI is InChI=1S/C9H7BrClF3N2O/c1-16(4-9(12,13)14)8(17)6-2-5(10)3-15-7(6)11/h2-3H,4H2,1H3. The molecule has 0 aromatic carbocycles. The Morgan fingerprint density at radius 2 is 2.18 bits per heavy atom. The third-order valence-electron chi connectivity index (χ3n) is 1.80. The van der Waals surface area contributed by atoms with Gasteiger partial charge in [-0.3, -0.25) is 4.79 Å². The van der Waals surface area contributed by atoms with Gasteiger partial charge in [0.05, 0.1) is 5.56 Å². The second-order valence-corrected chi connectivity index (χ2v) is 4.54. The molecule has 0 saturated heterocycles. The fourth-order valence-corrected chi connectivity index (χ4v) is 1.63. The van der Waals surface area contributed by atoms with Crippen molar-refractivity contribution in [3.8, 4) is 0 Å². The van der Waals surface area contributed by atoms with Crippen molar-refractivity contribution in [2.24, 2.45) is 0 Å². The van der Waals surface area contributed by atoms with E-state index in [-0.39, 0.29) is 10.7 Å². The third-order valence-corrected chi connectivity index (χ3v) is 2.53. The van der Waals surface area contributed by atoms with Crippen molar-refractivity contribution in [1.29, 1.82) is 0 Å². The van der Waals surface area contributed by atoms with E-state index in [0.717, 1.165) is 7.05 Å². The van der Waals surface area contributed by atoms with Crippen LogP contribution in [0.3, 0.4) is 0 Å². The monoisotopic (exact) mass is 330 g/mol. The van der Waals surface area contributed by atoms with E-state index in [1.54, 1.807) is 0 Å². The molecule has 0 spiro atoms. The van der Waals surface area contributed by atoms with Gasteiger partial charge < -0.3 is 4.90 Å². The number of amides is 1. The fraction of sp³-hybridized carbons (Fsp3) is 0.333. The summed E-state index contributed by atoms with van der Waals surface area (Å²) in [7, 11) is 1.05. The van der Waals surface area contributed by atoms with E-state index in [0.29, 0.717) is 9.37 Å². The van der Waals surface area contributed by atoms with Crippen molar-refractivity contribution < 1.29 is 18.0 Å². The molecule has 0 atom stereocenters. The van der Waals surface area contributed by atoms with Crippen LogP contribution in [0.2, 0.25) is 5.15 Å². The van der Waals surface area contributed by atoms with Gasteiger partial charge in [0.1, 0.15) is 11.7 Å². The average molecular weight is 332 g/mol. The molecule has 0 radical (unpaired) electrons. The molecular weight excluding hydrogens is 324 g/mol. The van der Waals surface area contributed by atoms with Crippen molar-refractivity contribution in [2.75, 3.05) is 13.6 Å². The Morgan fingerprint density at radius 3 is 2.71 bits per heavy atom. The number of rotatable bonds is 2. The van der Waals surface area contributed by atoms with Gasteiger partial charge in [-0.1, -0.05) is 11.6 Å². The van der Waals surface area contributed by atoms with E-state index in [4.69, 9.17) is 11.6 Å². The molecule has 0 N–H and O–H groups in total. The van der Waals surface area contributed by atoms with Crippen LogP contribution in [-0.2, 0) is 0 Å². The summed E-state index contributed by atoms with van der Waals surface area (Å²) in [6.07, 6.45) is -3.10. The quantitative estimate of drug-likeness (QED) is 0.780. The number of hydrogen-bond acceptors (Lipinski definition) is 2. The lowest BCUT2D eigenvalue weighted by Gasteiger charge is -2.19. The molecule has 1 amide bonds. The maximum atomic E-state index is 12.1. The summed E-state index contributed by atoms with van der Waals surface area (Å²) in [5.41, 5.74) is -0.0761. The van der Waals surface area contributed by atoms with E-state index >= 15 is 0 Å². The number of halogens is 5. The zero-order chi connectivity index (χ0) is 13.2. The minimum absolute atomic E-state index is 0.0761. The Balaban J connectivity index is 2.93. The first-order valence-electron chi connectivity index (χ1n) is 4.34. The van der Waals surface area contributed by atoms with Crippen LogP contribution in [0.25, 0.3) is 0 Å². The van der Waals surface area contributed by atoms with Crippen molar-refractivity contribution in [2.45, 2.75) is 6.18 Å². The lowest BCUT2D eigenvalue weighted by molar-refractivity contribution is -0.138. The maximum absolute atomic E-state index is 12.1. The molecule has 1 aromatic rings. The highest BCUT2D eigenvalue weighted by molar-refractivity contribution is 9.10. The van der Waals surface area contributed by atoms with E-state index in [1.807, 2.05) is 0 Å². The first-order chi connectivity index (χ1) is 7.70. The van der Waals surface area contributed by atoms with Crippen LogP contribution in [0.15, 0.2) is 16.7 Å². The lowest BCUT2D eigenvalue weighted by atomic mass is 10.2. The second kappa shape index (κ2) is 5.22. The molecule has 3 nitrogen and oxygen atoms in total. The Bertz CT molecular complexity index is 439. The molecule has 94 valence electrons. The lowest BCUT2D eigenvalue weighted by Crippen LogP contribution is -2.36. The highest BCUT2D eigenvalue weighted by Gasteiger charge is 2.32. The van der Waals surface area contributed by atoms with Crippen LogP contribution in [0.5, 0.6) is 0 Å². The molecule has 0 unspecified atom stereocenters. The van der Waals surface area contributed by atoms with Gasteiger partial charge in [0, 0.05) is 17.7 Å². The highest BCUT2D eigenvalue weighted by atomic mass is 79.9. The topological polar surface area (TPSA) is 33.2 Å². The van der Waals surface area contributed by atoms with Crippen LogP contribution < -0.4 is 0 Å². The average Bonchev–Trinajstić information content (AvgIpc) is 2.18. The van der Waals surface area contributed by atoms with E-state index in [9.17, 15) is 18.0 Å². The molecule has 8 heteroatoms. The van der Waals surface area contributed by atoms with Gasteiger partial charge in [0.2, 0.25) is 0 Å². The summed E-state index contributed by atoms with van der Waals surface area (Å²) in [5.74, 6) is -0.832. The number of nitrogens with zero attached hydrogens (tertiary/aromatic N) is 2. The van der Waals surface area contributed by atoms with Gasteiger partial charge in [0.15, 0.2) is 0 Å². The summed E-state index contributed by atoms with van der Waals surface area (Å²) in [6, 6.07) is 1.32. The summed E-state index contributed by atoms with van der Waals surface area (Å²) in [5, 5.41) is -0.132. The molecule has 1 aromatic heterocycles. The van der Waals surface area contributed by atoms with Crippen LogP contribution in [-0.4, -0.2) is 35.6 Å². The van der Waals surface area contributed by atoms with Crippen molar-refractivity contribution in [3.63, 3.8) is 0 Å². The molecule has 0 aliphatic carbocycles. The highest BCUT2D eigenvalue weighted by Crippen LogP contribution is 2.21. The van der Waals surface area contributed by atoms with Gasteiger partial charge in [-0.2, -0.15) is 13.2 Å². The Labute approximate surface area is 109 Å². The van der Waals surface area contributed by atoms with Crippen molar-refractivity contribution >= 4 is 33.4 Å². The molecule has 1 heterocycles. The van der Waals surface area contributed by atoms with Gasteiger partial charge in [-0.05, 0) is 22.0 Å². The third kappa shape index (κ3) is 4.16. The minimum atomic E-state index is -4.45. The number of alkyl halides is 3. The predicted molar refractivity (Wildman–Crippen MR) is 60.0 cm³/mol. The molecule has 0 aliphatic heterocycles. The predicted octanol–water partition coefficient (Wildman–Crippen LogP) is 3.13. The minimum Gasteiger partial charge on any atom is -0.333 e. The van der Waals surface area contributed by atoms with Crippen molar-refractivity contribution in [3.05, 3.63) is 27.5 Å². The number of aromatic nitrogens is 1. The molecular formula is C9H7BrClF3N2O. The van der Waals surface area contributed by atoms with Gasteiger partial charge in [-0.25, -0.2) is 4.98 Å². The first kappa shape index (κ1) is 14.2. The van der Waals surface area contributed by atoms with Crippen molar-refractivity contribution in [1.82, 2.24) is 9.88 Å². The number of carbonyl (C=O) groups excluding carboxylic acids is 1. The van der Waals surface area contributed by atoms with Gasteiger partial charge >= 0.3 is 6.18 Å². The second-order valence-electron chi connectivity index (χ2n) is 3.27. The summed E-state index contributed by atoms with van der Waals surface area (Å²) in [6.45, 7) is -1.34. The zero-order valence-electron chi connectivity index (χ0n) is 8.55. The van der Waals surface area contributed by atoms with Crippen LogP contribution >= 0.6 is 27.5 Å². The summed E-state index contributed by atoms with van der Waals surface area (Å²) in [4.78, 5) is 15.9. The Kier molecular flexibility index (Phi) is 4.37. The zero-order valence-corrected chi connectivity index (χ0v) is 10.9. The van der Waals surface area contributed by atoms with Gasteiger partial charge in [-0.15, -0.1) is 0 Å². The van der Waals surface area contributed by atoms with E-state index in [2.05, 4.69) is 20.9 Å². The van der Waals surface area contributed by atoms with Crippen LogP contribution in [0.1, 0.15) is 10.4 Å². The van der Waals surface area contributed by atoms with Gasteiger partial charge in [0.25, 0.3) is 5.91 Å². The number of hydrogen-bond donors (Lipinski definition) is 0. The number of carbonyl (C=O) groups is 1. The maximum Gasteiger partial charge on any atom is 0.406 e. The first-order valence-corrected chi connectivity index (χ1v) is 5.51. The molecule has 0 fully saturated rings. The largest absolute Gasteiger partial charge is 0.406 e. The smallest absolute Gasteiger partial charge is 0.333 e. The number of pyridine rings is 1. The normalized spacial score (nSPS) is 11.4. The Hall–Kier alpha value is -0.820. The molecule has 17 heavy (non-hydrogen) atoms. The molecule has 1 rings (SSSR count). The fourth-order valence-electron chi connectivity index (χ4n) is 1.12. The molecule has 0 aliphatic rings. The summed E-state index contributed by atoms with van der Waals surface area (Å²) < 4.78 is 36.8. The SMILES string of the molecule is CN(CC(F)(F)F)C(=O)c1cc(Br)cnc1Cl. The van der Waals surface area contributed by atoms with E-state index < -0.39 is 18.6 Å². The van der Waals surface area contributed by atoms with Crippen LogP contribution in [0.4, 0.5) is 13.2 Å². The van der Waals surface area contributed by atoms with Crippen LogP contribution in [0, 0.1) is 0 Å². The Morgan fingerprint density at radius 1 is 1.59 bits per heavy atom.